The van der Waals surface area contributed by atoms with Crippen molar-refractivity contribution in [3.63, 3.8) is 0 Å². The van der Waals surface area contributed by atoms with Crippen molar-refractivity contribution in [2.45, 2.75) is 19.0 Å². The molecule has 4 heterocycles. The van der Waals surface area contributed by atoms with Crippen molar-refractivity contribution in [3.8, 4) is 17.2 Å². The molecule has 4 aromatic rings. The largest absolute Gasteiger partial charge is 0.492 e. The van der Waals surface area contributed by atoms with Gasteiger partial charge in [-0.3, -0.25) is 9.88 Å². The van der Waals surface area contributed by atoms with E-state index in [0.717, 1.165) is 29.7 Å². The minimum atomic E-state index is -0.672. The summed E-state index contributed by atoms with van der Waals surface area (Å²) in [6, 6.07) is 11.1. The molecule has 1 aromatic carbocycles. The highest BCUT2D eigenvalue weighted by Crippen LogP contribution is 2.28. The zero-order chi connectivity index (χ0) is 21.2. The molecule has 0 spiro atoms. The third kappa shape index (κ3) is 4.26. The number of likely N-dealkylation sites (tertiary alicyclic amines) is 1. The van der Waals surface area contributed by atoms with Crippen molar-refractivity contribution in [2.24, 2.45) is 5.16 Å². The standard InChI is InChI=1S/C23H22FN3O3S/c24-16-3-6-27(7-4-16)8-9-29-17-1-2-21-18(11-17)19(26-28)12-22(30-21)20-13-23-15(14-25-20)5-10-31-23/h1-2,5,10-14,16,28H,3-4,6-9H2/b26-19-. The van der Waals surface area contributed by atoms with E-state index in [4.69, 9.17) is 9.15 Å². The molecule has 0 bridgehead atoms. The summed E-state index contributed by atoms with van der Waals surface area (Å²) >= 11 is 1.64. The minimum absolute atomic E-state index is 0.389. The van der Waals surface area contributed by atoms with Crippen molar-refractivity contribution < 1.29 is 18.8 Å². The minimum Gasteiger partial charge on any atom is -0.492 e. The SMILES string of the molecule is O/N=c1/cc(-c2cc3sccc3cn2)oc2ccc(OCCN3CCC(F)CC3)cc12. The first-order chi connectivity index (χ1) is 15.2. The highest BCUT2D eigenvalue weighted by atomic mass is 32.1. The van der Waals surface area contributed by atoms with Gasteiger partial charge in [0.15, 0.2) is 5.76 Å². The molecule has 1 aliphatic rings. The number of halogens is 1. The number of rotatable bonds is 5. The van der Waals surface area contributed by atoms with Gasteiger partial charge in [-0.05, 0) is 48.6 Å². The zero-order valence-electron chi connectivity index (χ0n) is 16.8. The average Bonchev–Trinajstić information content (AvgIpc) is 3.27. The molecule has 8 heteroatoms. The van der Waals surface area contributed by atoms with Gasteiger partial charge in [0, 0.05) is 42.0 Å². The van der Waals surface area contributed by atoms with Gasteiger partial charge in [-0.15, -0.1) is 11.3 Å². The number of nitrogens with zero attached hydrogens (tertiary/aromatic N) is 3. The molecule has 0 saturated carbocycles. The molecule has 1 saturated heterocycles. The van der Waals surface area contributed by atoms with Gasteiger partial charge < -0.3 is 14.4 Å². The molecule has 1 aliphatic heterocycles. The van der Waals surface area contributed by atoms with Crippen LogP contribution in [0.2, 0.25) is 0 Å². The van der Waals surface area contributed by atoms with Crippen LogP contribution in [0.3, 0.4) is 0 Å². The molecular weight excluding hydrogens is 417 g/mol. The summed E-state index contributed by atoms with van der Waals surface area (Å²) in [4.78, 5) is 6.69. The lowest BCUT2D eigenvalue weighted by Gasteiger charge is -2.28. The number of piperidine rings is 1. The molecule has 3 aromatic heterocycles. The molecule has 0 atom stereocenters. The van der Waals surface area contributed by atoms with Crippen LogP contribution in [0, 0.1) is 0 Å². The number of alkyl halides is 1. The van der Waals surface area contributed by atoms with Crippen LogP contribution in [-0.4, -0.2) is 47.5 Å². The second kappa shape index (κ2) is 8.64. The lowest BCUT2D eigenvalue weighted by molar-refractivity contribution is 0.132. The van der Waals surface area contributed by atoms with Gasteiger partial charge in [-0.1, -0.05) is 5.16 Å². The third-order valence-electron chi connectivity index (χ3n) is 5.61. The quantitative estimate of drug-likeness (QED) is 0.357. The Kier molecular flexibility index (Phi) is 5.57. The van der Waals surface area contributed by atoms with E-state index in [9.17, 15) is 9.60 Å². The highest BCUT2D eigenvalue weighted by Gasteiger charge is 2.18. The Hall–Kier alpha value is -2.97. The Morgan fingerprint density at radius 1 is 1.23 bits per heavy atom. The Morgan fingerprint density at radius 3 is 2.94 bits per heavy atom. The molecule has 1 fully saturated rings. The molecule has 0 unspecified atom stereocenters. The maximum absolute atomic E-state index is 13.3. The van der Waals surface area contributed by atoms with E-state index in [2.05, 4.69) is 15.0 Å². The van der Waals surface area contributed by atoms with Crippen molar-refractivity contribution in [2.75, 3.05) is 26.2 Å². The Labute approximate surface area is 182 Å². The molecule has 6 nitrogen and oxygen atoms in total. The predicted molar refractivity (Wildman–Crippen MR) is 118 cm³/mol. The van der Waals surface area contributed by atoms with Gasteiger partial charge in [0.25, 0.3) is 0 Å². The van der Waals surface area contributed by atoms with Crippen molar-refractivity contribution in [1.82, 2.24) is 9.88 Å². The number of hydrogen-bond acceptors (Lipinski definition) is 7. The summed E-state index contributed by atoms with van der Waals surface area (Å²) in [6.45, 7) is 2.79. The molecule has 0 aliphatic carbocycles. The summed E-state index contributed by atoms with van der Waals surface area (Å²) < 4.78 is 26.3. The smallest absolute Gasteiger partial charge is 0.155 e. The van der Waals surface area contributed by atoms with Crippen LogP contribution in [0.15, 0.2) is 57.5 Å². The number of benzene rings is 1. The van der Waals surface area contributed by atoms with E-state index in [-0.39, 0.29) is 0 Å². The van der Waals surface area contributed by atoms with Crippen LogP contribution in [0.1, 0.15) is 12.8 Å². The first-order valence-electron chi connectivity index (χ1n) is 10.3. The van der Waals surface area contributed by atoms with Gasteiger partial charge in [0.1, 0.15) is 35.2 Å². The van der Waals surface area contributed by atoms with Crippen LogP contribution in [0.5, 0.6) is 5.75 Å². The first kappa shape index (κ1) is 20.0. The number of ether oxygens (including phenoxy) is 1. The number of thiophene rings is 1. The van der Waals surface area contributed by atoms with Crippen LogP contribution in [0.4, 0.5) is 4.39 Å². The Morgan fingerprint density at radius 2 is 2.10 bits per heavy atom. The maximum Gasteiger partial charge on any atom is 0.155 e. The Balaban J connectivity index is 1.37. The van der Waals surface area contributed by atoms with Gasteiger partial charge in [0.2, 0.25) is 0 Å². The first-order valence-corrected chi connectivity index (χ1v) is 11.2. The molecule has 31 heavy (non-hydrogen) atoms. The van der Waals surface area contributed by atoms with E-state index in [0.29, 0.717) is 53.0 Å². The van der Waals surface area contributed by atoms with Crippen LogP contribution in [0.25, 0.3) is 32.5 Å². The van der Waals surface area contributed by atoms with E-state index >= 15 is 0 Å². The number of aromatic nitrogens is 1. The lowest BCUT2D eigenvalue weighted by atomic mass is 10.1. The molecule has 1 N–H and O–H groups in total. The molecule has 160 valence electrons. The second-order valence-corrected chi connectivity index (χ2v) is 8.59. The van der Waals surface area contributed by atoms with E-state index in [1.54, 1.807) is 29.5 Å². The third-order valence-corrected chi connectivity index (χ3v) is 6.49. The summed E-state index contributed by atoms with van der Waals surface area (Å²) in [6.07, 6.45) is 2.32. The number of hydrogen-bond donors (Lipinski definition) is 1. The summed E-state index contributed by atoms with van der Waals surface area (Å²) in [5.41, 5.74) is 1.26. The van der Waals surface area contributed by atoms with Crippen LogP contribution >= 0.6 is 11.3 Å². The molecule has 0 amide bonds. The normalized spacial score (nSPS) is 16.4. The van der Waals surface area contributed by atoms with Crippen molar-refractivity contribution in [3.05, 3.63) is 53.3 Å². The number of pyridine rings is 1. The Bertz CT molecular complexity index is 1280. The highest BCUT2D eigenvalue weighted by molar-refractivity contribution is 7.17. The summed E-state index contributed by atoms with van der Waals surface area (Å²) in [7, 11) is 0. The maximum atomic E-state index is 13.3. The summed E-state index contributed by atoms with van der Waals surface area (Å²) in [5.74, 6) is 1.19. The topological polar surface area (TPSA) is 71.1 Å². The van der Waals surface area contributed by atoms with Gasteiger partial charge in [0.05, 0.1) is 5.39 Å². The van der Waals surface area contributed by atoms with Gasteiger partial charge in [-0.2, -0.15) is 0 Å². The van der Waals surface area contributed by atoms with Crippen LogP contribution < -0.4 is 10.1 Å². The van der Waals surface area contributed by atoms with Crippen LogP contribution in [-0.2, 0) is 0 Å². The average molecular weight is 440 g/mol. The summed E-state index contributed by atoms with van der Waals surface area (Å²) in [5, 5.41) is 17.2. The van der Waals surface area contributed by atoms with E-state index < -0.39 is 6.17 Å². The lowest BCUT2D eigenvalue weighted by Crippen LogP contribution is -2.37. The van der Waals surface area contributed by atoms with Gasteiger partial charge >= 0.3 is 0 Å². The fourth-order valence-corrected chi connectivity index (χ4v) is 4.65. The zero-order valence-corrected chi connectivity index (χ0v) is 17.6. The molecule has 5 rings (SSSR count). The molecular formula is C23H22FN3O3S. The van der Waals surface area contributed by atoms with Gasteiger partial charge in [-0.25, -0.2) is 4.39 Å². The fraction of sp³-hybridized carbons (Fsp3) is 0.304. The number of fused-ring (bicyclic) bond motifs is 2. The predicted octanol–water partition coefficient (Wildman–Crippen LogP) is 4.81. The van der Waals surface area contributed by atoms with Crippen molar-refractivity contribution in [1.29, 1.82) is 0 Å². The second-order valence-electron chi connectivity index (χ2n) is 7.65. The van der Waals surface area contributed by atoms with E-state index in [1.807, 2.05) is 29.8 Å². The fourth-order valence-electron chi connectivity index (χ4n) is 3.85. The molecule has 0 radical (unpaired) electrons. The monoisotopic (exact) mass is 439 g/mol. The van der Waals surface area contributed by atoms with Crippen molar-refractivity contribution >= 4 is 32.4 Å². The van der Waals surface area contributed by atoms with E-state index in [1.165, 1.54) is 0 Å².